The van der Waals surface area contributed by atoms with Gasteiger partial charge >= 0.3 is 0 Å². The molecule has 2 aliphatic rings. The van der Waals surface area contributed by atoms with Crippen LogP contribution in [0, 0.1) is 0 Å². The molecule has 2 aliphatic heterocycles. The van der Waals surface area contributed by atoms with Crippen LogP contribution >= 0.6 is 0 Å². The zero-order valence-corrected chi connectivity index (χ0v) is 15.2. The molecule has 1 N–H and O–H groups in total. The largest absolute Gasteiger partial charge is 0.497 e. The van der Waals surface area contributed by atoms with E-state index in [1.807, 2.05) is 66.7 Å². The predicted octanol–water partition coefficient (Wildman–Crippen LogP) is 4.20. The summed E-state index contributed by atoms with van der Waals surface area (Å²) in [4.78, 5) is 15.2. The van der Waals surface area contributed by atoms with Gasteiger partial charge in [-0.05, 0) is 30.3 Å². The highest BCUT2D eigenvalue weighted by Crippen LogP contribution is 2.44. The lowest BCUT2D eigenvalue weighted by molar-refractivity contribution is 0.0974. The molecule has 0 aromatic heterocycles. The van der Waals surface area contributed by atoms with Crippen LogP contribution in [-0.2, 0) is 0 Å². The second kappa shape index (κ2) is 6.49. The number of carbonyl (C=O) groups excluding carboxylic acids is 1. The number of nitrogens with zero attached hydrogens (tertiary/aromatic N) is 1. The Morgan fingerprint density at radius 3 is 2.79 bits per heavy atom. The molecule has 3 aromatic carbocycles. The van der Waals surface area contributed by atoms with Gasteiger partial charge in [-0.3, -0.25) is 9.69 Å². The SMILES string of the molecule is COc1cccc(N2C(=O)c3ccccc3NC2c2cccc3c2OCO3)c1. The Hall–Kier alpha value is -3.67. The maximum atomic E-state index is 13.5. The normalized spacial score (nSPS) is 17.1. The average molecular weight is 374 g/mol. The van der Waals surface area contributed by atoms with Crippen molar-refractivity contribution in [1.29, 1.82) is 0 Å². The van der Waals surface area contributed by atoms with Gasteiger partial charge in [0.15, 0.2) is 11.5 Å². The Labute approximate surface area is 162 Å². The first kappa shape index (κ1) is 16.5. The van der Waals surface area contributed by atoms with Gasteiger partial charge in [0.2, 0.25) is 6.79 Å². The highest BCUT2D eigenvalue weighted by atomic mass is 16.7. The summed E-state index contributed by atoms with van der Waals surface area (Å²) in [5.41, 5.74) is 2.97. The maximum absolute atomic E-state index is 13.5. The zero-order valence-electron chi connectivity index (χ0n) is 15.2. The minimum absolute atomic E-state index is 0.0934. The number of amides is 1. The van der Waals surface area contributed by atoms with E-state index in [-0.39, 0.29) is 12.7 Å². The number of anilines is 2. The number of para-hydroxylation sites is 2. The molecule has 1 amide bonds. The van der Waals surface area contributed by atoms with E-state index in [0.717, 1.165) is 16.9 Å². The summed E-state index contributed by atoms with van der Waals surface area (Å²) in [5.74, 6) is 1.92. The van der Waals surface area contributed by atoms with E-state index in [0.29, 0.717) is 22.8 Å². The number of rotatable bonds is 3. The summed E-state index contributed by atoms with van der Waals surface area (Å²) in [6.45, 7) is 0.169. The van der Waals surface area contributed by atoms with Crippen LogP contribution in [0.25, 0.3) is 0 Å². The van der Waals surface area contributed by atoms with Gasteiger partial charge in [-0.1, -0.05) is 30.3 Å². The molecule has 6 nitrogen and oxygen atoms in total. The third-order valence-corrected chi connectivity index (χ3v) is 4.98. The number of methoxy groups -OCH3 is 1. The van der Waals surface area contributed by atoms with E-state index in [9.17, 15) is 4.79 Å². The molecule has 28 heavy (non-hydrogen) atoms. The fourth-order valence-corrected chi connectivity index (χ4v) is 3.67. The number of benzene rings is 3. The fraction of sp³-hybridized carbons (Fsp3) is 0.136. The number of nitrogens with one attached hydrogen (secondary N) is 1. The van der Waals surface area contributed by atoms with Crippen LogP contribution in [0.5, 0.6) is 17.2 Å². The van der Waals surface area contributed by atoms with Gasteiger partial charge in [0.1, 0.15) is 11.9 Å². The summed E-state index contributed by atoms with van der Waals surface area (Å²) >= 11 is 0. The molecule has 0 saturated carbocycles. The predicted molar refractivity (Wildman–Crippen MR) is 105 cm³/mol. The van der Waals surface area contributed by atoms with Crippen LogP contribution < -0.4 is 24.4 Å². The summed E-state index contributed by atoms with van der Waals surface area (Å²) in [6.07, 6.45) is -0.453. The quantitative estimate of drug-likeness (QED) is 0.745. The van der Waals surface area contributed by atoms with Gasteiger partial charge in [0, 0.05) is 17.3 Å². The average Bonchev–Trinajstić information content (AvgIpc) is 3.23. The van der Waals surface area contributed by atoms with E-state index in [1.165, 1.54) is 0 Å². The second-order valence-corrected chi connectivity index (χ2v) is 6.55. The summed E-state index contributed by atoms with van der Waals surface area (Å²) in [5, 5.41) is 3.49. The van der Waals surface area contributed by atoms with E-state index in [2.05, 4.69) is 5.32 Å². The number of carbonyl (C=O) groups is 1. The first-order valence-corrected chi connectivity index (χ1v) is 8.98. The molecule has 140 valence electrons. The van der Waals surface area contributed by atoms with Crippen molar-refractivity contribution in [3.63, 3.8) is 0 Å². The minimum Gasteiger partial charge on any atom is -0.497 e. The van der Waals surface area contributed by atoms with Crippen molar-refractivity contribution in [2.75, 3.05) is 24.1 Å². The van der Waals surface area contributed by atoms with Crippen molar-refractivity contribution >= 4 is 17.3 Å². The standard InChI is InChI=1S/C22H18N2O4/c1-26-15-7-4-6-14(12-15)24-21(17-9-5-11-19-20(17)28-13-27-19)23-18-10-3-2-8-16(18)22(24)25/h2-12,21,23H,13H2,1H3. The Morgan fingerprint density at radius 2 is 1.89 bits per heavy atom. The Kier molecular flexibility index (Phi) is 3.83. The molecule has 3 aromatic rings. The molecule has 1 unspecified atom stereocenters. The highest BCUT2D eigenvalue weighted by Gasteiger charge is 2.37. The third-order valence-electron chi connectivity index (χ3n) is 4.98. The van der Waals surface area contributed by atoms with Crippen LogP contribution in [0.1, 0.15) is 22.1 Å². The molecule has 0 spiro atoms. The topological polar surface area (TPSA) is 60.0 Å². The number of hydrogen-bond acceptors (Lipinski definition) is 5. The van der Waals surface area contributed by atoms with Gasteiger partial charge in [-0.15, -0.1) is 0 Å². The Morgan fingerprint density at radius 1 is 1.04 bits per heavy atom. The summed E-state index contributed by atoms with van der Waals surface area (Å²) in [7, 11) is 1.61. The smallest absolute Gasteiger partial charge is 0.262 e. The van der Waals surface area contributed by atoms with Crippen molar-refractivity contribution in [1.82, 2.24) is 0 Å². The monoisotopic (exact) mass is 374 g/mol. The molecule has 0 bridgehead atoms. The number of hydrogen-bond donors (Lipinski definition) is 1. The lowest BCUT2D eigenvalue weighted by Gasteiger charge is -2.38. The van der Waals surface area contributed by atoms with Crippen LogP contribution in [0.4, 0.5) is 11.4 Å². The molecule has 6 heteroatoms. The van der Waals surface area contributed by atoms with Gasteiger partial charge in [0.05, 0.1) is 18.4 Å². The lowest BCUT2D eigenvalue weighted by Crippen LogP contribution is -2.43. The van der Waals surface area contributed by atoms with E-state index < -0.39 is 6.17 Å². The van der Waals surface area contributed by atoms with Crippen LogP contribution in [-0.4, -0.2) is 19.8 Å². The maximum Gasteiger partial charge on any atom is 0.262 e. The summed E-state index contributed by atoms with van der Waals surface area (Å²) in [6, 6.07) is 20.7. The molecule has 5 rings (SSSR count). The van der Waals surface area contributed by atoms with Gasteiger partial charge in [-0.2, -0.15) is 0 Å². The lowest BCUT2D eigenvalue weighted by atomic mass is 10.0. The van der Waals surface area contributed by atoms with Crippen molar-refractivity contribution < 1.29 is 19.0 Å². The molecule has 0 radical (unpaired) electrons. The molecule has 0 saturated heterocycles. The Balaban J connectivity index is 1.69. The van der Waals surface area contributed by atoms with Crippen LogP contribution in [0.3, 0.4) is 0 Å². The van der Waals surface area contributed by atoms with Gasteiger partial charge in [-0.25, -0.2) is 0 Å². The van der Waals surface area contributed by atoms with Crippen molar-refractivity contribution in [2.45, 2.75) is 6.17 Å². The van der Waals surface area contributed by atoms with E-state index >= 15 is 0 Å². The van der Waals surface area contributed by atoms with Crippen molar-refractivity contribution in [2.24, 2.45) is 0 Å². The van der Waals surface area contributed by atoms with Crippen LogP contribution in [0.2, 0.25) is 0 Å². The van der Waals surface area contributed by atoms with Crippen molar-refractivity contribution in [3.8, 4) is 17.2 Å². The van der Waals surface area contributed by atoms with Crippen LogP contribution in [0.15, 0.2) is 66.7 Å². The first-order valence-electron chi connectivity index (χ1n) is 8.98. The molecular formula is C22H18N2O4. The molecular weight excluding hydrogens is 356 g/mol. The molecule has 1 atom stereocenters. The summed E-state index contributed by atoms with van der Waals surface area (Å²) < 4.78 is 16.6. The molecule has 0 fully saturated rings. The number of ether oxygens (including phenoxy) is 3. The first-order chi connectivity index (χ1) is 13.8. The van der Waals surface area contributed by atoms with E-state index in [4.69, 9.17) is 14.2 Å². The fourth-order valence-electron chi connectivity index (χ4n) is 3.67. The van der Waals surface area contributed by atoms with Crippen molar-refractivity contribution in [3.05, 3.63) is 77.9 Å². The third kappa shape index (κ3) is 2.53. The molecule has 0 aliphatic carbocycles. The number of fused-ring (bicyclic) bond motifs is 2. The minimum atomic E-state index is -0.453. The highest BCUT2D eigenvalue weighted by molar-refractivity contribution is 6.12. The second-order valence-electron chi connectivity index (χ2n) is 6.55. The van der Waals surface area contributed by atoms with Gasteiger partial charge in [0.25, 0.3) is 5.91 Å². The van der Waals surface area contributed by atoms with E-state index in [1.54, 1.807) is 12.0 Å². The zero-order chi connectivity index (χ0) is 19.1. The van der Waals surface area contributed by atoms with Gasteiger partial charge < -0.3 is 19.5 Å². The molecule has 2 heterocycles. The Bertz CT molecular complexity index is 1070.